The van der Waals surface area contributed by atoms with Crippen molar-refractivity contribution < 1.29 is 9.47 Å². The molecule has 0 saturated heterocycles. The second kappa shape index (κ2) is 11.0. The molecule has 0 spiro atoms. The Morgan fingerprint density at radius 1 is 1.00 bits per heavy atom. The van der Waals surface area contributed by atoms with Gasteiger partial charge in [0.1, 0.15) is 12.4 Å². The SMILES string of the molecule is CCOc1cc(C=Nn2c(CC)nc3ccc(Br)cc3c2=O)c(Br)cc1OCc1ccccc1. The zero-order chi connectivity index (χ0) is 24.1. The van der Waals surface area contributed by atoms with Crippen LogP contribution in [0.1, 0.15) is 30.8 Å². The minimum absolute atomic E-state index is 0.219. The molecule has 0 saturated carbocycles. The van der Waals surface area contributed by atoms with Crippen molar-refractivity contribution in [3.05, 3.63) is 96.9 Å². The van der Waals surface area contributed by atoms with Crippen molar-refractivity contribution in [1.82, 2.24) is 9.66 Å². The summed E-state index contributed by atoms with van der Waals surface area (Å²) in [6.07, 6.45) is 2.19. The van der Waals surface area contributed by atoms with E-state index in [-0.39, 0.29) is 5.56 Å². The van der Waals surface area contributed by atoms with Gasteiger partial charge in [0.15, 0.2) is 11.5 Å². The Bertz CT molecular complexity index is 1400. The van der Waals surface area contributed by atoms with Gasteiger partial charge in [0.2, 0.25) is 0 Å². The molecule has 0 amide bonds. The molecule has 6 nitrogen and oxygen atoms in total. The first-order chi connectivity index (χ1) is 16.5. The number of ether oxygens (including phenoxy) is 2. The Morgan fingerprint density at radius 3 is 2.50 bits per heavy atom. The molecule has 0 atom stereocenters. The summed E-state index contributed by atoms with van der Waals surface area (Å²) in [6.45, 7) is 4.78. The van der Waals surface area contributed by atoms with E-state index >= 15 is 0 Å². The van der Waals surface area contributed by atoms with Crippen molar-refractivity contribution in [2.24, 2.45) is 5.10 Å². The fourth-order valence-corrected chi connectivity index (χ4v) is 4.21. The topological polar surface area (TPSA) is 65.7 Å². The lowest BCUT2D eigenvalue weighted by molar-refractivity contribution is 0.269. The van der Waals surface area contributed by atoms with E-state index in [0.29, 0.717) is 47.9 Å². The minimum Gasteiger partial charge on any atom is -0.490 e. The molecular formula is C26H23Br2N3O3. The Balaban J connectivity index is 1.69. The molecule has 0 N–H and O–H groups in total. The van der Waals surface area contributed by atoms with Crippen LogP contribution in [-0.4, -0.2) is 22.5 Å². The van der Waals surface area contributed by atoms with Crippen LogP contribution < -0.4 is 15.0 Å². The summed E-state index contributed by atoms with van der Waals surface area (Å²) in [7, 11) is 0. The molecular weight excluding hydrogens is 562 g/mol. The summed E-state index contributed by atoms with van der Waals surface area (Å²) in [5, 5.41) is 4.99. The zero-order valence-electron chi connectivity index (χ0n) is 18.8. The lowest BCUT2D eigenvalue weighted by Crippen LogP contribution is -2.22. The van der Waals surface area contributed by atoms with Gasteiger partial charge in [-0.2, -0.15) is 9.78 Å². The van der Waals surface area contributed by atoms with Crippen LogP contribution in [0, 0.1) is 0 Å². The van der Waals surface area contributed by atoms with Gasteiger partial charge in [-0.3, -0.25) is 4.79 Å². The number of aryl methyl sites for hydroxylation is 1. The normalized spacial score (nSPS) is 11.3. The van der Waals surface area contributed by atoms with E-state index in [1.54, 1.807) is 12.3 Å². The molecule has 0 aliphatic heterocycles. The quantitative estimate of drug-likeness (QED) is 0.227. The number of aromatic nitrogens is 2. The molecule has 1 aromatic heterocycles. The van der Waals surface area contributed by atoms with Crippen molar-refractivity contribution >= 4 is 49.0 Å². The predicted octanol–water partition coefficient (Wildman–Crippen LogP) is 6.34. The number of rotatable bonds is 8. The smallest absolute Gasteiger partial charge is 0.282 e. The molecule has 34 heavy (non-hydrogen) atoms. The maximum Gasteiger partial charge on any atom is 0.282 e. The number of hydrogen-bond acceptors (Lipinski definition) is 5. The molecule has 1 heterocycles. The molecule has 0 unspecified atom stereocenters. The Labute approximate surface area is 214 Å². The van der Waals surface area contributed by atoms with E-state index in [1.807, 2.05) is 68.4 Å². The van der Waals surface area contributed by atoms with Crippen LogP contribution in [0.2, 0.25) is 0 Å². The highest BCUT2D eigenvalue weighted by Gasteiger charge is 2.13. The molecule has 4 aromatic rings. The standard InChI is InChI=1S/C26H23Br2N3O3/c1-3-25-30-22-11-10-19(27)13-20(22)26(32)31(25)29-15-18-12-23(33-4-2)24(14-21(18)28)34-16-17-8-6-5-7-9-17/h5-15H,3-4,16H2,1-2H3. The Hall–Kier alpha value is -2.97. The first-order valence-corrected chi connectivity index (χ1v) is 12.5. The molecule has 0 fully saturated rings. The highest BCUT2D eigenvalue weighted by molar-refractivity contribution is 9.10. The lowest BCUT2D eigenvalue weighted by atomic mass is 10.2. The fraction of sp³-hybridized carbons (Fsp3) is 0.192. The van der Waals surface area contributed by atoms with Crippen molar-refractivity contribution in [2.75, 3.05) is 6.61 Å². The van der Waals surface area contributed by atoms with E-state index < -0.39 is 0 Å². The van der Waals surface area contributed by atoms with Gasteiger partial charge in [-0.05, 0) is 58.7 Å². The summed E-state index contributed by atoms with van der Waals surface area (Å²) in [4.78, 5) is 17.8. The van der Waals surface area contributed by atoms with E-state index in [1.165, 1.54) is 4.68 Å². The molecule has 0 bridgehead atoms. The van der Waals surface area contributed by atoms with Crippen LogP contribution >= 0.6 is 31.9 Å². The summed E-state index contributed by atoms with van der Waals surface area (Å²) >= 11 is 7.02. The molecule has 8 heteroatoms. The van der Waals surface area contributed by atoms with Gasteiger partial charge < -0.3 is 9.47 Å². The van der Waals surface area contributed by atoms with E-state index in [4.69, 9.17) is 9.47 Å². The molecule has 3 aromatic carbocycles. The minimum atomic E-state index is -0.219. The fourth-order valence-electron chi connectivity index (χ4n) is 3.43. The van der Waals surface area contributed by atoms with Crippen LogP contribution in [0.15, 0.2) is 79.5 Å². The maximum absolute atomic E-state index is 13.1. The third-order valence-corrected chi connectivity index (χ3v) is 6.28. The van der Waals surface area contributed by atoms with Crippen molar-refractivity contribution in [2.45, 2.75) is 26.9 Å². The van der Waals surface area contributed by atoms with Crippen LogP contribution in [0.25, 0.3) is 10.9 Å². The van der Waals surface area contributed by atoms with Crippen LogP contribution in [-0.2, 0) is 13.0 Å². The number of hydrogen-bond donors (Lipinski definition) is 0. The van der Waals surface area contributed by atoms with Gasteiger partial charge in [-0.1, -0.05) is 53.2 Å². The van der Waals surface area contributed by atoms with Gasteiger partial charge in [-0.15, -0.1) is 0 Å². The maximum atomic E-state index is 13.1. The first kappa shape index (κ1) is 24.2. The number of fused-ring (bicyclic) bond motifs is 1. The van der Waals surface area contributed by atoms with Crippen molar-refractivity contribution in [1.29, 1.82) is 0 Å². The van der Waals surface area contributed by atoms with E-state index in [2.05, 4.69) is 41.9 Å². The highest BCUT2D eigenvalue weighted by Crippen LogP contribution is 2.34. The summed E-state index contributed by atoms with van der Waals surface area (Å²) < 4.78 is 14.8. The van der Waals surface area contributed by atoms with Crippen molar-refractivity contribution in [3.8, 4) is 11.5 Å². The first-order valence-electron chi connectivity index (χ1n) is 10.9. The molecule has 0 aliphatic rings. The molecule has 4 rings (SSSR count). The Kier molecular flexibility index (Phi) is 7.80. The second-order valence-electron chi connectivity index (χ2n) is 7.43. The zero-order valence-corrected chi connectivity index (χ0v) is 22.0. The van der Waals surface area contributed by atoms with Crippen molar-refractivity contribution in [3.63, 3.8) is 0 Å². The van der Waals surface area contributed by atoms with Gasteiger partial charge in [-0.25, -0.2) is 4.98 Å². The van der Waals surface area contributed by atoms with Crippen LogP contribution in [0.5, 0.6) is 11.5 Å². The van der Waals surface area contributed by atoms with Gasteiger partial charge in [0.05, 0.1) is 23.7 Å². The van der Waals surface area contributed by atoms with E-state index in [0.717, 1.165) is 20.1 Å². The number of halogens is 2. The highest BCUT2D eigenvalue weighted by atomic mass is 79.9. The third-order valence-electron chi connectivity index (χ3n) is 5.10. The lowest BCUT2D eigenvalue weighted by Gasteiger charge is -2.14. The van der Waals surface area contributed by atoms with Crippen LogP contribution in [0.3, 0.4) is 0 Å². The van der Waals surface area contributed by atoms with Crippen LogP contribution in [0.4, 0.5) is 0 Å². The summed E-state index contributed by atoms with van der Waals surface area (Å²) in [5.74, 6) is 1.81. The molecule has 0 aliphatic carbocycles. The van der Waals surface area contributed by atoms with Gasteiger partial charge >= 0.3 is 0 Å². The number of nitrogens with zero attached hydrogens (tertiary/aromatic N) is 3. The Morgan fingerprint density at radius 2 is 1.76 bits per heavy atom. The summed E-state index contributed by atoms with van der Waals surface area (Å²) in [5.41, 5.74) is 2.24. The largest absolute Gasteiger partial charge is 0.490 e. The average molecular weight is 585 g/mol. The molecule has 0 radical (unpaired) electrons. The van der Waals surface area contributed by atoms with E-state index in [9.17, 15) is 4.79 Å². The number of benzene rings is 3. The summed E-state index contributed by atoms with van der Waals surface area (Å²) in [6, 6.07) is 19.1. The average Bonchev–Trinajstić information content (AvgIpc) is 2.85. The monoisotopic (exact) mass is 583 g/mol. The predicted molar refractivity (Wildman–Crippen MR) is 142 cm³/mol. The third kappa shape index (κ3) is 5.39. The second-order valence-corrected chi connectivity index (χ2v) is 9.20. The van der Waals surface area contributed by atoms with Gasteiger partial charge in [0.25, 0.3) is 5.56 Å². The molecule has 174 valence electrons. The van der Waals surface area contributed by atoms with Gasteiger partial charge in [0, 0.05) is 20.9 Å².